The number of nitrogens with one attached hydrogen (secondary N) is 1. The summed E-state index contributed by atoms with van der Waals surface area (Å²) in [6.07, 6.45) is 1.47. The highest BCUT2D eigenvalue weighted by atomic mass is 32.2. The van der Waals surface area contributed by atoms with Crippen LogP contribution >= 0.6 is 11.9 Å². The first kappa shape index (κ1) is 13.1. The van der Waals surface area contributed by atoms with Gasteiger partial charge >= 0.3 is 0 Å². The number of piperidine rings is 1. The number of carbonyl (C=O) groups excluding carboxylic acids is 1. The molecule has 1 atom stereocenters. The fourth-order valence-corrected chi connectivity index (χ4v) is 2.78. The molecule has 96 valence electrons. The zero-order valence-corrected chi connectivity index (χ0v) is 11.0. The van der Waals surface area contributed by atoms with Gasteiger partial charge in [-0.2, -0.15) is 0 Å². The van der Waals surface area contributed by atoms with Crippen LogP contribution < -0.4 is 5.32 Å². The molecule has 1 amide bonds. The predicted octanol–water partition coefficient (Wildman–Crippen LogP) is 2.56. The van der Waals surface area contributed by atoms with E-state index in [9.17, 15) is 9.18 Å². The molecule has 0 aromatic heterocycles. The van der Waals surface area contributed by atoms with Crippen LogP contribution in [0.2, 0.25) is 0 Å². The van der Waals surface area contributed by atoms with Crippen LogP contribution in [0.5, 0.6) is 0 Å². The molecule has 0 saturated carbocycles. The Morgan fingerprint density at radius 2 is 2.22 bits per heavy atom. The predicted molar refractivity (Wildman–Crippen MR) is 70.3 cm³/mol. The zero-order valence-electron chi connectivity index (χ0n) is 10.1. The van der Waals surface area contributed by atoms with Crippen LogP contribution in [-0.2, 0) is 4.79 Å². The second kappa shape index (κ2) is 5.54. The molecule has 1 fully saturated rings. The average molecular weight is 266 g/mol. The van der Waals surface area contributed by atoms with E-state index in [4.69, 9.17) is 0 Å². The minimum atomic E-state index is -0.269. The zero-order chi connectivity index (χ0) is 13.1. The summed E-state index contributed by atoms with van der Waals surface area (Å²) in [4.78, 5) is 12.3. The molecule has 2 rings (SSSR count). The van der Waals surface area contributed by atoms with Gasteiger partial charge in [-0.15, -0.1) is 0 Å². The van der Waals surface area contributed by atoms with Gasteiger partial charge in [0.2, 0.25) is 5.91 Å². The monoisotopic (exact) mass is 266 g/mol. The van der Waals surface area contributed by atoms with Crippen molar-refractivity contribution in [1.29, 1.82) is 0 Å². The number of benzene rings is 1. The van der Waals surface area contributed by atoms with Crippen molar-refractivity contribution >= 4 is 17.9 Å². The summed E-state index contributed by atoms with van der Waals surface area (Å²) in [7, 11) is 1.80. The largest absolute Gasteiger partial charge is 0.329 e. The summed E-state index contributed by atoms with van der Waals surface area (Å²) in [6, 6.07) is 6.30. The molecule has 3 nitrogen and oxygen atoms in total. The number of likely N-dealkylation sites (N-methyl/N-ethyl adjacent to an activating group) is 1. The maximum absolute atomic E-state index is 13.5. The van der Waals surface area contributed by atoms with E-state index in [-0.39, 0.29) is 17.8 Å². The van der Waals surface area contributed by atoms with Gasteiger partial charge < -0.3 is 5.32 Å². The standard InChI is InChI=1S/C13H15FN2OS/c1-9-7-8-11(13(17)15-9)16(2)18-12-6-4-3-5-10(12)14/h3-6,11H,1,7-8H2,2H3,(H,15,17). The van der Waals surface area contributed by atoms with Gasteiger partial charge in [-0.1, -0.05) is 18.7 Å². The number of allylic oxidation sites excluding steroid dienone is 1. The lowest BCUT2D eigenvalue weighted by Crippen LogP contribution is -2.45. The van der Waals surface area contributed by atoms with Crippen LogP contribution in [-0.4, -0.2) is 23.3 Å². The van der Waals surface area contributed by atoms with Gasteiger partial charge in [0.1, 0.15) is 5.82 Å². The van der Waals surface area contributed by atoms with E-state index in [0.29, 0.717) is 11.3 Å². The molecule has 1 heterocycles. The minimum absolute atomic E-state index is 0.0717. The molecule has 1 N–H and O–H groups in total. The molecule has 1 aromatic carbocycles. The topological polar surface area (TPSA) is 32.3 Å². The van der Waals surface area contributed by atoms with Crippen LogP contribution in [0.25, 0.3) is 0 Å². The first-order valence-electron chi connectivity index (χ1n) is 5.72. The number of nitrogens with zero attached hydrogens (tertiary/aromatic N) is 1. The van der Waals surface area contributed by atoms with Crippen LogP contribution in [0, 0.1) is 5.82 Å². The normalized spacial score (nSPS) is 20.1. The summed E-state index contributed by atoms with van der Waals surface area (Å²) in [5, 5.41) is 2.73. The fraction of sp³-hybridized carbons (Fsp3) is 0.308. The molecular formula is C13H15FN2OS. The molecule has 1 aliphatic heterocycles. The summed E-state index contributed by atoms with van der Waals surface area (Å²) < 4.78 is 15.3. The van der Waals surface area contributed by atoms with Gasteiger partial charge in [0, 0.05) is 5.70 Å². The number of carbonyl (C=O) groups is 1. The number of halogens is 1. The molecule has 1 aromatic rings. The Hall–Kier alpha value is -1.33. The molecule has 1 unspecified atom stereocenters. The van der Waals surface area contributed by atoms with Gasteiger partial charge in [-0.25, -0.2) is 8.70 Å². The highest BCUT2D eigenvalue weighted by Gasteiger charge is 2.28. The van der Waals surface area contributed by atoms with Crippen molar-refractivity contribution in [3.8, 4) is 0 Å². The molecule has 5 heteroatoms. The third kappa shape index (κ3) is 2.91. The van der Waals surface area contributed by atoms with Crippen LogP contribution in [0.1, 0.15) is 12.8 Å². The highest BCUT2D eigenvalue weighted by molar-refractivity contribution is 7.97. The number of rotatable bonds is 3. The Bertz CT molecular complexity index is 478. The summed E-state index contributed by atoms with van der Waals surface area (Å²) in [5.74, 6) is -0.340. The molecule has 18 heavy (non-hydrogen) atoms. The van der Waals surface area contributed by atoms with E-state index in [2.05, 4.69) is 11.9 Å². The van der Waals surface area contributed by atoms with Crippen molar-refractivity contribution in [2.75, 3.05) is 7.05 Å². The molecule has 0 aliphatic carbocycles. The van der Waals surface area contributed by atoms with Crippen molar-refractivity contribution in [3.63, 3.8) is 0 Å². The maximum atomic E-state index is 13.5. The smallest absolute Gasteiger partial charge is 0.242 e. The lowest BCUT2D eigenvalue weighted by Gasteiger charge is -2.30. The average Bonchev–Trinajstić information content (AvgIpc) is 2.32. The maximum Gasteiger partial charge on any atom is 0.242 e. The number of amides is 1. The Morgan fingerprint density at radius 3 is 2.89 bits per heavy atom. The lowest BCUT2D eigenvalue weighted by atomic mass is 10.1. The summed E-state index contributed by atoms with van der Waals surface area (Å²) in [5.41, 5.74) is 0.751. The Kier molecular flexibility index (Phi) is 4.04. The second-order valence-corrected chi connectivity index (χ2v) is 5.41. The Labute approximate surface area is 110 Å². The van der Waals surface area contributed by atoms with Gasteiger partial charge in [0.15, 0.2) is 0 Å². The molecule has 1 aliphatic rings. The van der Waals surface area contributed by atoms with Crippen molar-refractivity contribution in [1.82, 2.24) is 9.62 Å². The van der Waals surface area contributed by atoms with E-state index in [1.807, 2.05) is 0 Å². The van der Waals surface area contributed by atoms with E-state index in [0.717, 1.165) is 12.1 Å². The lowest BCUT2D eigenvalue weighted by molar-refractivity contribution is -0.124. The van der Waals surface area contributed by atoms with Crippen LogP contribution in [0.4, 0.5) is 4.39 Å². The Balaban J connectivity index is 2.04. The van der Waals surface area contributed by atoms with Gasteiger partial charge in [-0.3, -0.25) is 4.79 Å². The first-order chi connectivity index (χ1) is 8.58. The van der Waals surface area contributed by atoms with E-state index in [1.165, 1.54) is 18.0 Å². The first-order valence-corrected chi connectivity index (χ1v) is 6.49. The summed E-state index contributed by atoms with van der Waals surface area (Å²) in [6.45, 7) is 3.74. The van der Waals surface area contributed by atoms with Crippen LogP contribution in [0.15, 0.2) is 41.4 Å². The minimum Gasteiger partial charge on any atom is -0.329 e. The SMILES string of the molecule is C=C1CCC(N(C)Sc2ccccc2F)C(=O)N1. The van der Waals surface area contributed by atoms with E-state index in [1.54, 1.807) is 29.6 Å². The third-order valence-corrected chi connectivity index (χ3v) is 3.91. The fourth-order valence-electron chi connectivity index (χ4n) is 1.85. The molecule has 0 bridgehead atoms. The van der Waals surface area contributed by atoms with E-state index < -0.39 is 0 Å². The second-order valence-electron chi connectivity index (χ2n) is 4.22. The molecular weight excluding hydrogens is 251 g/mol. The van der Waals surface area contributed by atoms with Crippen molar-refractivity contribution in [2.24, 2.45) is 0 Å². The van der Waals surface area contributed by atoms with Crippen molar-refractivity contribution in [3.05, 3.63) is 42.4 Å². The molecule has 0 spiro atoms. The van der Waals surface area contributed by atoms with E-state index >= 15 is 0 Å². The van der Waals surface area contributed by atoms with Gasteiger partial charge in [0.05, 0.1) is 10.9 Å². The Morgan fingerprint density at radius 1 is 1.50 bits per heavy atom. The third-order valence-electron chi connectivity index (χ3n) is 2.84. The van der Waals surface area contributed by atoms with Gasteiger partial charge in [-0.05, 0) is 44.0 Å². The summed E-state index contributed by atoms with van der Waals surface area (Å²) >= 11 is 1.25. The molecule has 0 radical (unpaired) electrons. The highest BCUT2D eigenvalue weighted by Crippen LogP contribution is 2.28. The number of hydrogen-bond acceptors (Lipinski definition) is 3. The van der Waals surface area contributed by atoms with Gasteiger partial charge in [0.25, 0.3) is 0 Å². The van der Waals surface area contributed by atoms with Crippen molar-refractivity contribution in [2.45, 2.75) is 23.8 Å². The quantitative estimate of drug-likeness (QED) is 0.853. The van der Waals surface area contributed by atoms with Crippen molar-refractivity contribution < 1.29 is 9.18 Å². The number of hydrogen-bond donors (Lipinski definition) is 1. The molecule has 1 saturated heterocycles. The van der Waals surface area contributed by atoms with Crippen LogP contribution in [0.3, 0.4) is 0 Å².